The van der Waals surface area contributed by atoms with Gasteiger partial charge in [0.2, 0.25) is 0 Å². The lowest BCUT2D eigenvalue weighted by Gasteiger charge is -2.31. The fourth-order valence-corrected chi connectivity index (χ4v) is 16.7. The van der Waals surface area contributed by atoms with E-state index in [9.17, 15) is 30.6 Å². The largest absolute Gasteiger partial charge is 0.497 e. The molecule has 6 N–H and O–H groups in total. The van der Waals surface area contributed by atoms with Gasteiger partial charge < -0.3 is 59.1 Å². The van der Waals surface area contributed by atoms with E-state index < -0.39 is 33.6 Å². The Balaban J connectivity index is 0.000000137. The molecule has 0 aliphatic heterocycles. The monoisotopic (exact) mass is 1780 g/mol. The first-order valence-corrected chi connectivity index (χ1v) is 44.6. The van der Waals surface area contributed by atoms with Gasteiger partial charge in [0.25, 0.3) is 0 Å². The van der Waals surface area contributed by atoms with E-state index in [1.807, 2.05) is 512 Å². The highest BCUT2D eigenvalue weighted by atomic mass is 16.5. The number of hydrogen-bond acceptors (Lipinski definition) is 12. The minimum absolute atomic E-state index is 0.737. The first-order valence-electron chi connectivity index (χ1n) is 44.6. The maximum absolute atomic E-state index is 11.8. The van der Waals surface area contributed by atoms with E-state index in [0.29, 0.717) is 0 Å². The zero-order valence-electron chi connectivity index (χ0n) is 77.4. The summed E-state index contributed by atoms with van der Waals surface area (Å²) in [6, 6.07) is 157. The summed E-state index contributed by atoms with van der Waals surface area (Å²) in [6.07, 6.45) is 0. The maximum atomic E-state index is 11.8. The summed E-state index contributed by atoms with van der Waals surface area (Å²) in [6.45, 7) is 6.12. The van der Waals surface area contributed by atoms with Gasteiger partial charge in [-0.25, -0.2) is 0 Å². The highest BCUT2D eigenvalue weighted by molar-refractivity contribution is 5.56. The van der Waals surface area contributed by atoms with Crippen LogP contribution in [-0.4, -0.2) is 73.3 Å². The third kappa shape index (κ3) is 22.5. The van der Waals surface area contributed by atoms with Crippen molar-refractivity contribution in [2.24, 2.45) is 0 Å². The van der Waals surface area contributed by atoms with Crippen LogP contribution in [0.2, 0.25) is 0 Å². The summed E-state index contributed by atoms with van der Waals surface area (Å²) in [5, 5.41) is 69.7. The zero-order chi connectivity index (χ0) is 95.1. The molecule has 0 spiro atoms. The van der Waals surface area contributed by atoms with Gasteiger partial charge in [0.15, 0.2) is 0 Å². The molecule has 18 aromatic carbocycles. The molecule has 135 heavy (non-hydrogen) atoms. The standard InChI is InChI=1S/C22H22O4.C21H20O3.C20H18O2.3C20H18O/c1-24-19-10-4-16(5-11-19)22(23,17-6-12-20(25-2)13-7-17)18-8-14-21(26-3)15-9-18;1-23-19-12-8-17(9-13-19)21(22,16-6-4-3-5-7-16)18-10-14-20(24-2)15-11-18;1-22-19-14-12-18(13-15-19)20(21,16-8-4-2-5-9-16)17-10-6-3-7-11-17;1-16-10-8-9-15-19(16)20(21,17-11-4-2-5-12-17)18-13-6-3-7-14-18;1-16-9-8-14-19(15-16)20(21,17-10-4-2-5-11-17)18-12-6-3-7-13-18;1-16-12-14-19(15-13-16)20(21,17-8-4-2-5-9-17)18-10-6-3-7-11-18/h4-15,23H,1-3H3;3-15,22H,1-2H3;2-15,21H,1H3;3*2-15,21H,1H3. The highest BCUT2D eigenvalue weighted by Crippen LogP contribution is 2.45. The molecule has 0 fully saturated rings. The van der Waals surface area contributed by atoms with Crippen LogP contribution in [0.1, 0.15) is 117 Å². The van der Waals surface area contributed by atoms with Crippen molar-refractivity contribution in [1.82, 2.24) is 0 Å². The molecule has 0 aliphatic carbocycles. The third-order valence-electron chi connectivity index (χ3n) is 24.2. The Labute approximate surface area is 793 Å². The molecule has 0 amide bonds. The molecule has 0 unspecified atom stereocenters. The van der Waals surface area contributed by atoms with Gasteiger partial charge in [-0.2, -0.15) is 0 Å². The Morgan fingerprint density at radius 2 is 0.296 bits per heavy atom. The first-order chi connectivity index (χ1) is 65.7. The summed E-state index contributed by atoms with van der Waals surface area (Å²) in [4.78, 5) is 0. The Kier molecular flexibility index (Phi) is 33.1. The molecule has 0 saturated carbocycles. The lowest BCUT2D eigenvalue weighted by molar-refractivity contribution is 0.125. The molecular weight excluding hydrogens is 1670 g/mol. The topological polar surface area (TPSA) is 177 Å². The molecule has 12 heteroatoms. The lowest BCUT2D eigenvalue weighted by Crippen LogP contribution is -2.29. The van der Waals surface area contributed by atoms with E-state index in [1.54, 1.807) is 42.7 Å². The first kappa shape index (κ1) is 97.1. The molecule has 0 radical (unpaired) electrons. The van der Waals surface area contributed by atoms with E-state index in [2.05, 4.69) is 0 Å². The van der Waals surface area contributed by atoms with E-state index in [0.717, 1.165) is 146 Å². The number of benzene rings is 18. The van der Waals surface area contributed by atoms with Crippen LogP contribution in [0.25, 0.3) is 0 Å². The van der Waals surface area contributed by atoms with Gasteiger partial charge in [0.05, 0.1) is 42.7 Å². The van der Waals surface area contributed by atoms with Crippen molar-refractivity contribution in [3.8, 4) is 34.5 Å². The molecule has 0 bridgehead atoms. The van der Waals surface area contributed by atoms with Crippen molar-refractivity contribution in [3.05, 3.63) is 608 Å². The van der Waals surface area contributed by atoms with E-state index >= 15 is 0 Å². The van der Waals surface area contributed by atoms with Crippen molar-refractivity contribution in [3.63, 3.8) is 0 Å². The Morgan fingerprint density at radius 3 is 0.481 bits per heavy atom. The van der Waals surface area contributed by atoms with Gasteiger partial charge in [-0.15, -0.1) is 0 Å². The van der Waals surface area contributed by atoms with Gasteiger partial charge in [0, 0.05) is 0 Å². The van der Waals surface area contributed by atoms with Gasteiger partial charge in [-0.05, 0) is 199 Å². The molecular formula is C123H114O12. The zero-order valence-corrected chi connectivity index (χ0v) is 77.4. The smallest absolute Gasteiger partial charge is 0.140 e. The predicted molar refractivity (Wildman–Crippen MR) is 542 cm³/mol. The van der Waals surface area contributed by atoms with Crippen LogP contribution in [0, 0.1) is 20.8 Å². The van der Waals surface area contributed by atoms with Crippen molar-refractivity contribution in [1.29, 1.82) is 0 Å². The van der Waals surface area contributed by atoms with Gasteiger partial charge >= 0.3 is 0 Å². The molecule has 0 atom stereocenters. The van der Waals surface area contributed by atoms with Crippen LogP contribution >= 0.6 is 0 Å². The molecule has 12 nitrogen and oxygen atoms in total. The van der Waals surface area contributed by atoms with Crippen LogP contribution < -0.4 is 28.4 Å². The lowest BCUT2D eigenvalue weighted by atomic mass is 9.79. The summed E-state index contributed by atoms with van der Waals surface area (Å²) in [7, 11) is 9.75. The quantitative estimate of drug-likeness (QED) is 0.0316. The summed E-state index contributed by atoms with van der Waals surface area (Å²) >= 11 is 0. The minimum atomic E-state index is -1.31. The van der Waals surface area contributed by atoms with E-state index in [4.69, 9.17) is 28.4 Å². The van der Waals surface area contributed by atoms with Crippen LogP contribution in [0.15, 0.2) is 491 Å². The van der Waals surface area contributed by atoms with Crippen molar-refractivity contribution < 1.29 is 59.1 Å². The summed E-state index contributed by atoms with van der Waals surface area (Å²) < 4.78 is 31.4. The fraction of sp³-hybridized carbons (Fsp3) is 0.122. The fourth-order valence-electron chi connectivity index (χ4n) is 16.7. The second-order valence-electron chi connectivity index (χ2n) is 32.5. The number of rotatable bonds is 24. The SMILES string of the molecule is COc1ccc(C(O)(c2ccc(OC)cc2)c2ccc(OC)cc2)cc1.COc1ccc(C(O)(c2ccccc2)c2ccc(OC)cc2)cc1.COc1ccc(C(O)(c2ccccc2)c2ccccc2)cc1.Cc1ccc(C(O)(c2ccccc2)c2ccccc2)cc1.Cc1cccc(C(O)(c2ccccc2)c2ccccc2)c1.Cc1ccccc1C(O)(c1ccccc1)c1ccccc1. The van der Waals surface area contributed by atoms with E-state index in [-0.39, 0.29) is 0 Å². The number of aryl methyl sites for hydroxylation is 3. The van der Waals surface area contributed by atoms with Crippen LogP contribution in [-0.2, 0) is 33.6 Å². The predicted octanol–water partition coefficient (Wildman–Crippen LogP) is 24.8. The average Bonchev–Trinajstić information content (AvgIpc) is 0.832. The van der Waals surface area contributed by atoms with Crippen molar-refractivity contribution in [2.75, 3.05) is 42.7 Å². The van der Waals surface area contributed by atoms with Crippen LogP contribution in [0.4, 0.5) is 0 Å². The van der Waals surface area contributed by atoms with Crippen LogP contribution in [0.3, 0.4) is 0 Å². The van der Waals surface area contributed by atoms with Crippen molar-refractivity contribution in [2.45, 2.75) is 54.4 Å². The van der Waals surface area contributed by atoms with Gasteiger partial charge in [-0.3, -0.25) is 0 Å². The average molecular weight is 1780 g/mol. The Hall–Kier alpha value is -15.5. The van der Waals surface area contributed by atoms with Gasteiger partial charge in [-0.1, -0.05) is 430 Å². The minimum Gasteiger partial charge on any atom is -0.497 e. The maximum Gasteiger partial charge on any atom is 0.140 e. The molecule has 0 aromatic heterocycles. The normalized spacial score (nSPS) is 11.2. The summed E-state index contributed by atoms with van der Waals surface area (Å²) in [5.74, 6) is 4.49. The number of ether oxygens (including phenoxy) is 6. The molecule has 0 heterocycles. The molecule has 0 saturated heterocycles. The number of hydrogen-bond donors (Lipinski definition) is 6. The molecule has 18 rings (SSSR count). The molecule has 0 aliphatic rings. The summed E-state index contributed by atoms with van der Waals surface area (Å²) in [5.41, 5.74) is 11.3. The molecule has 678 valence electrons. The Bertz CT molecular complexity index is 6250. The third-order valence-corrected chi connectivity index (χ3v) is 24.2. The second kappa shape index (κ2) is 46.1. The van der Waals surface area contributed by atoms with Gasteiger partial charge in [0.1, 0.15) is 68.1 Å². The second-order valence-corrected chi connectivity index (χ2v) is 32.5. The Morgan fingerprint density at radius 1 is 0.141 bits per heavy atom. The van der Waals surface area contributed by atoms with E-state index in [1.165, 1.54) is 5.56 Å². The van der Waals surface area contributed by atoms with Crippen LogP contribution in [0.5, 0.6) is 34.5 Å². The number of methoxy groups -OCH3 is 6. The van der Waals surface area contributed by atoms with Crippen molar-refractivity contribution >= 4 is 0 Å². The molecule has 18 aromatic rings. The highest BCUT2D eigenvalue weighted by Gasteiger charge is 2.40. The number of aliphatic hydroxyl groups is 6.